The Kier molecular flexibility index (Phi) is 6.13. The first-order valence-electron chi connectivity index (χ1n) is 8.08. The molecule has 0 aromatic heterocycles. The molecule has 0 saturated heterocycles. The highest BCUT2D eigenvalue weighted by Crippen LogP contribution is 2.12. The van der Waals surface area contributed by atoms with Gasteiger partial charge in [-0.15, -0.1) is 0 Å². The molecule has 2 N–H and O–H groups in total. The van der Waals surface area contributed by atoms with Gasteiger partial charge in [-0.05, 0) is 42.5 Å². The highest BCUT2D eigenvalue weighted by Gasteiger charge is 2.20. The monoisotopic (exact) mass is 325 g/mol. The number of aryl methyl sites for hydroxylation is 3. The van der Waals surface area contributed by atoms with Crippen molar-refractivity contribution in [1.29, 1.82) is 0 Å². The molecule has 0 aliphatic heterocycles. The smallest absolute Gasteiger partial charge is 0.326 e. The predicted molar refractivity (Wildman–Crippen MR) is 93.9 cm³/mol. The Labute approximate surface area is 142 Å². The zero-order valence-corrected chi connectivity index (χ0v) is 14.1. The lowest BCUT2D eigenvalue weighted by molar-refractivity contribution is -0.141. The van der Waals surface area contributed by atoms with Crippen LogP contribution in [0.2, 0.25) is 0 Å². The van der Waals surface area contributed by atoms with Crippen molar-refractivity contribution in [2.75, 3.05) is 0 Å². The van der Waals surface area contributed by atoms with E-state index in [1.165, 1.54) is 0 Å². The average molecular weight is 325 g/mol. The van der Waals surface area contributed by atoms with E-state index in [0.29, 0.717) is 6.42 Å². The molecule has 0 heterocycles. The number of carboxylic acids is 1. The number of hydrogen-bond acceptors (Lipinski definition) is 2. The molecule has 0 radical (unpaired) electrons. The van der Waals surface area contributed by atoms with Gasteiger partial charge in [-0.1, -0.05) is 48.5 Å². The second-order valence-electron chi connectivity index (χ2n) is 6.07. The topological polar surface area (TPSA) is 66.4 Å². The van der Waals surface area contributed by atoms with Gasteiger partial charge < -0.3 is 10.4 Å². The summed E-state index contributed by atoms with van der Waals surface area (Å²) in [5.74, 6) is -1.25. The summed E-state index contributed by atoms with van der Waals surface area (Å²) in [5, 5.41) is 12.0. The van der Waals surface area contributed by atoms with Crippen LogP contribution in [0.4, 0.5) is 0 Å². The van der Waals surface area contributed by atoms with Crippen LogP contribution in [0, 0.1) is 13.8 Å². The first-order valence-corrected chi connectivity index (χ1v) is 8.08. The molecule has 0 saturated carbocycles. The van der Waals surface area contributed by atoms with E-state index in [9.17, 15) is 14.7 Å². The van der Waals surface area contributed by atoms with Crippen molar-refractivity contribution >= 4 is 11.9 Å². The molecule has 4 nitrogen and oxygen atoms in total. The van der Waals surface area contributed by atoms with E-state index < -0.39 is 12.0 Å². The summed E-state index contributed by atoms with van der Waals surface area (Å²) in [6.45, 7) is 4.01. The second-order valence-corrected chi connectivity index (χ2v) is 6.07. The first-order chi connectivity index (χ1) is 11.5. The predicted octanol–water partition coefficient (Wildman–Crippen LogP) is 3.05. The Balaban J connectivity index is 1.93. The lowest BCUT2D eigenvalue weighted by atomic mass is 10.0. The molecule has 2 aromatic carbocycles. The molecule has 0 fully saturated rings. The minimum Gasteiger partial charge on any atom is -0.480 e. The lowest BCUT2D eigenvalue weighted by Gasteiger charge is -2.15. The van der Waals surface area contributed by atoms with E-state index in [4.69, 9.17) is 0 Å². The Bertz CT molecular complexity index is 710. The minimum absolute atomic E-state index is 0.241. The molecule has 0 spiro atoms. The fourth-order valence-corrected chi connectivity index (χ4v) is 2.54. The molecule has 0 aliphatic rings. The van der Waals surface area contributed by atoms with Gasteiger partial charge in [0.2, 0.25) is 5.91 Å². The third kappa shape index (κ3) is 5.23. The Morgan fingerprint density at radius 1 is 1.00 bits per heavy atom. The number of carbonyl (C=O) groups excluding carboxylic acids is 1. The molecule has 2 rings (SSSR count). The molecule has 0 bridgehead atoms. The molecule has 0 unspecified atom stereocenters. The first kappa shape index (κ1) is 17.7. The van der Waals surface area contributed by atoms with Crippen molar-refractivity contribution < 1.29 is 14.7 Å². The van der Waals surface area contributed by atoms with Crippen LogP contribution in [0.5, 0.6) is 0 Å². The average Bonchev–Trinajstić information content (AvgIpc) is 2.56. The molecule has 1 atom stereocenters. The number of benzene rings is 2. The van der Waals surface area contributed by atoms with Crippen molar-refractivity contribution in [2.45, 2.75) is 39.2 Å². The maximum absolute atomic E-state index is 12.1. The number of nitrogens with one attached hydrogen (secondary N) is 1. The molecule has 0 aliphatic carbocycles. The van der Waals surface area contributed by atoms with E-state index in [2.05, 4.69) is 5.32 Å². The van der Waals surface area contributed by atoms with Gasteiger partial charge in [0.25, 0.3) is 0 Å². The summed E-state index contributed by atoms with van der Waals surface area (Å²) < 4.78 is 0. The fourth-order valence-electron chi connectivity index (χ4n) is 2.54. The van der Waals surface area contributed by atoms with Gasteiger partial charge >= 0.3 is 5.97 Å². The fraction of sp³-hybridized carbons (Fsp3) is 0.300. The SMILES string of the molecule is Cc1ccc(C[C@H](NC(=O)CCc2ccccc2)C(=O)O)cc1C. The van der Waals surface area contributed by atoms with Crippen LogP contribution in [-0.2, 0) is 22.4 Å². The zero-order valence-electron chi connectivity index (χ0n) is 14.1. The van der Waals surface area contributed by atoms with Gasteiger partial charge in [0, 0.05) is 12.8 Å². The minimum atomic E-state index is -1.01. The van der Waals surface area contributed by atoms with Crippen LogP contribution in [0.1, 0.15) is 28.7 Å². The van der Waals surface area contributed by atoms with E-state index in [-0.39, 0.29) is 18.7 Å². The number of aliphatic carboxylic acids is 1. The van der Waals surface area contributed by atoms with Crippen molar-refractivity contribution in [3.8, 4) is 0 Å². The van der Waals surface area contributed by atoms with Crippen LogP contribution in [0.3, 0.4) is 0 Å². The molecule has 1 amide bonds. The van der Waals surface area contributed by atoms with Gasteiger partial charge in [-0.2, -0.15) is 0 Å². The third-order valence-electron chi connectivity index (χ3n) is 4.13. The van der Waals surface area contributed by atoms with E-state index in [0.717, 1.165) is 22.3 Å². The van der Waals surface area contributed by atoms with Crippen molar-refractivity contribution in [1.82, 2.24) is 5.32 Å². The second kappa shape index (κ2) is 8.29. The number of rotatable bonds is 7. The van der Waals surface area contributed by atoms with Gasteiger partial charge in [0.05, 0.1) is 0 Å². The third-order valence-corrected chi connectivity index (χ3v) is 4.13. The van der Waals surface area contributed by atoms with Gasteiger partial charge in [0.15, 0.2) is 0 Å². The lowest BCUT2D eigenvalue weighted by Crippen LogP contribution is -2.42. The van der Waals surface area contributed by atoms with Crippen LogP contribution >= 0.6 is 0 Å². The van der Waals surface area contributed by atoms with Crippen molar-refractivity contribution in [3.63, 3.8) is 0 Å². The standard InChI is InChI=1S/C20H23NO3/c1-14-8-9-17(12-15(14)2)13-18(20(23)24)21-19(22)11-10-16-6-4-3-5-7-16/h3-9,12,18H,10-11,13H2,1-2H3,(H,21,22)(H,23,24)/t18-/m0/s1. The summed E-state index contributed by atoms with van der Waals surface area (Å²) in [7, 11) is 0. The number of carboxylic acid groups (broad SMARTS) is 1. The van der Waals surface area contributed by atoms with Crippen molar-refractivity contribution in [3.05, 3.63) is 70.8 Å². The summed E-state index contributed by atoms with van der Waals surface area (Å²) >= 11 is 0. The number of hydrogen-bond donors (Lipinski definition) is 2. The Morgan fingerprint density at radius 2 is 1.71 bits per heavy atom. The van der Waals surface area contributed by atoms with E-state index in [1.807, 2.05) is 62.4 Å². The largest absolute Gasteiger partial charge is 0.480 e. The summed E-state index contributed by atoms with van der Waals surface area (Å²) in [5.41, 5.74) is 4.26. The summed E-state index contributed by atoms with van der Waals surface area (Å²) in [4.78, 5) is 23.5. The molecular weight excluding hydrogens is 302 g/mol. The van der Waals surface area contributed by atoms with Crippen LogP contribution < -0.4 is 5.32 Å². The van der Waals surface area contributed by atoms with Crippen LogP contribution in [-0.4, -0.2) is 23.0 Å². The maximum Gasteiger partial charge on any atom is 0.326 e. The quantitative estimate of drug-likeness (QED) is 0.822. The van der Waals surface area contributed by atoms with Gasteiger partial charge in [-0.3, -0.25) is 4.79 Å². The highest BCUT2D eigenvalue weighted by molar-refractivity contribution is 5.83. The molecule has 4 heteroatoms. The molecule has 126 valence electrons. The Morgan fingerprint density at radius 3 is 2.33 bits per heavy atom. The molecule has 2 aromatic rings. The van der Waals surface area contributed by atoms with E-state index in [1.54, 1.807) is 0 Å². The number of carbonyl (C=O) groups is 2. The van der Waals surface area contributed by atoms with Gasteiger partial charge in [-0.25, -0.2) is 4.79 Å². The normalized spacial score (nSPS) is 11.8. The molecular formula is C20H23NO3. The number of amides is 1. The molecule has 24 heavy (non-hydrogen) atoms. The van der Waals surface area contributed by atoms with E-state index >= 15 is 0 Å². The maximum atomic E-state index is 12.1. The van der Waals surface area contributed by atoms with Gasteiger partial charge in [0.1, 0.15) is 6.04 Å². The summed E-state index contributed by atoms with van der Waals surface area (Å²) in [6, 6.07) is 14.6. The Hall–Kier alpha value is -2.62. The summed E-state index contributed by atoms with van der Waals surface area (Å²) in [6.07, 6.45) is 1.16. The van der Waals surface area contributed by atoms with Crippen LogP contribution in [0.15, 0.2) is 48.5 Å². The zero-order chi connectivity index (χ0) is 17.5. The van der Waals surface area contributed by atoms with Crippen LogP contribution in [0.25, 0.3) is 0 Å². The highest BCUT2D eigenvalue weighted by atomic mass is 16.4. The van der Waals surface area contributed by atoms with Crippen molar-refractivity contribution in [2.24, 2.45) is 0 Å².